The third-order valence-corrected chi connectivity index (χ3v) is 5.43. The number of hydrogen-bond acceptors (Lipinski definition) is 3. The Balaban J connectivity index is 1.64. The number of carbonyl (C=O) groups is 2. The quantitative estimate of drug-likeness (QED) is 0.871. The first-order chi connectivity index (χ1) is 12.1. The lowest BCUT2D eigenvalue weighted by atomic mass is 9.98. The fourth-order valence-corrected chi connectivity index (χ4v) is 4.25. The Morgan fingerprint density at radius 2 is 2.16 bits per heavy atom. The highest BCUT2D eigenvalue weighted by Crippen LogP contribution is 2.35. The van der Waals surface area contributed by atoms with Gasteiger partial charge in [0.1, 0.15) is 0 Å². The molecule has 0 saturated carbocycles. The molecule has 2 aromatic rings. The number of urea groups is 1. The summed E-state index contributed by atoms with van der Waals surface area (Å²) in [6.07, 6.45) is 1.84. The summed E-state index contributed by atoms with van der Waals surface area (Å²) in [4.78, 5) is 27.2. The molecular weight excluding hydrogens is 334 g/mol. The molecule has 0 radical (unpaired) electrons. The molecule has 25 heavy (non-hydrogen) atoms. The average Bonchev–Trinajstić information content (AvgIpc) is 3.07. The van der Waals surface area contributed by atoms with Crippen LogP contribution in [0.5, 0.6) is 0 Å². The highest BCUT2D eigenvalue weighted by molar-refractivity contribution is 7.10. The van der Waals surface area contributed by atoms with Gasteiger partial charge in [-0.05, 0) is 47.5 Å². The second-order valence-electron chi connectivity index (χ2n) is 6.21. The van der Waals surface area contributed by atoms with Gasteiger partial charge in [-0.1, -0.05) is 19.1 Å². The summed E-state index contributed by atoms with van der Waals surface area (Å²) >= 11 is 1.78. The van der Waals surface area contributed by atoms with Crippen LogP contribution in [0, 0.1) is 0 Å². The number of anilines is 1. The zero-order chi connectivity index (χ0) is 17.8. The smallest absolute Gasteiger partial charge is 0.318 e. The minimum Gasteiger partial charge on any atom is -0.334 e. The first-order valence-corrected chi connectivity index (χ1v) is 9.43. The lowest BCUT2D eigenvalue weighted by Crippen LogP contribution is -2.44. The Hall–Kier alpha value is -2.34. The molecule has 132 valence electrons. The molecule has 1 atom stereocenters. The van der Waals surface area contributed by atoms with Crippen molar-refractivity contribution in [3.8, 4) is 0 Å². The van der Waals surface area contributed by atoms with Crippen molar-refractivity contribution in [3.05, 3.63) is 51.7 Å². The van der Waals surface area contributed by atoms with Crippen LogP contribution in [0.2, 0.25) is 0 Å². The summed E-state index contributed by atoms with van der Waals surface area (Å²) in [5.74, 6) is -0.105. The predicted octanol–water partition coefficient (Wildman–Crippen LogP) is 3.93. The number of amides is 3. The van der Waals surface area contributed by atoms with Crippen molar-refractivity contribution in [2.24, 2.45) is 0 Å². The maximum Gasteiger partial charge on any atom is 0.318 e. The standard InChI is InChI=1S/C19H23N3O2S/c1-3-17-16-8-10-25-18(16)7-9-22(17)19(24)20-12-14-5-4-6-15(11-14)21-13(2)23/h4-6,8,10-11,17H,3,7,9,12H2,1-2H3,(H,20,24)(H,21,23)/t17-/m0/s1. The Labute approximate surface area is 152 Å². The van der Waals surface area contributed by atoms with E-state index in [1.807, 2.05) is 29.2 Å². The van der Waals surface area contributed by atoms with Crippen LogP contribution >= 0.6 is 11.3 Å². The largest absolute Gasteiger partial charge is 0.334 e. The molecule has 0 spiro atoms. The molecule has 0 saturated heterocycles. The van der Waals surface area contributed by atoms with Crippen LogP contribution in [-0.4, -0.2) is 23.4 Å². The van der Waals surface area contributed by atoms with Crippen molar-refractivity contribution >= 4 is 29.0 Å². The minimum absolute atomic E-state index is 0.0337. The third-order valence-electron chi connectivity index (χ3n) is 4.43. The van der Waals surface area contributed by atoms with Gasteiger partial charge in [-0.2, -0.15) is 0 Å². The topological polar surface area (TPSA) is 61.4 Å². The van der Waals surface area contributed by atoms with E-state index in [2.05, 4.69) is 29.0 Å². The molecule has 1 aliphatic rings. The number of fused-ring (bicyclic) bond motifs is 1. The molecule has 2 N–H and O–H groups in total. The molecule has 2 heterocycles. The molecule has 0 aliphatic carbocycles. The summed E-state index contributed by atoms with van der Waals surface area (Å²) < 4.78 is 0. The monoisotopic (exact) mass is 357 g/mol. The van der Waals surface area contributed by atoms with Gasteiger partial charge in [-0.15, -0.1) is 11.3 Å². The van der Waals surface area contributed by atoms with E-state index in [1.54, 1.807) is 11.3 Å². The Morgan fingerprint density at radius 3 is 2.92 bits per heavy atom. The number of carbonyl (C=O) groups excluding carboxylic acids is 2. The van der Waals surface area contributed by atoms with Crippen LogP contribution in [0.15, 0.2) is 35.7 Å². The van der Waals surface area contributed by atoms with Gasteiger partial charge in [0, 0.05) is 30.6 Å². The van der Waals surface area contributed by atoms with Crippen molar-refractivity contribution in [2.45, 2.75) is 39.3 Å². The van der Waals surface area contributed by atoms with E-state index < -0.39 is 0 Å². The van der Waals surface area contributed by atoms with Crippen LogP contribution < -0.4 is 10.6 Å². The maximum atomic E-state index is 12.7. The summed E-state index contributed by atoms with van der Waals surface area (Å²) in [6, 6.07) is 9.80. The molecular formula is C19H23N3O2S. The first kappa shape index (κ1) is 17.5. The minimum atomic E-state index is -0.105. The number of nitrogens with zero attached hydrogens (tertiary/aromatic N) is 1. The zero-order valence-electron chi connectivity index (χ0n) is 14.5. The van der Waals surface area contributed by atoms with E-state index in [1.165, 1.54) is 17.4 Å². The van der Waals surface area contributed by atoms with Gasteiger partial charge in [0.15, 0.2) is 0 Å². The van der Waals surface area contributed by atoms with E-state index in [4.69, 9.17) is 0 Å². The second-order valence-corrected chi connectivity index (χ2v) is 7.21. The average molecular weight is 357 g/mol. The van der Waals surface area contributed by atoms with E-state index in [0.29, 0.717) is 6.54 Å². The summed E-state index contributed by atoms with van der Waals surface area (Å²) in [5.41, 5.74) is 2.99. The number of rotatable bonds is 4. The fraction of sp³-hybridized carbons (Fsp3) is 0.368. The van der Waals surface area contributed by atoms with Crippen LogP contribution in [0.3, 0.4) is 0 Å². The van der Waals surface area contributed by atoms with E-state index >= 15 is 0 Å². The van der Waals surface area contributed by atoms with E-state index in [0.717, 1.165) is 30.6 Å². The van der Waals surface area contributed by atoms with Gasteiger partial charge in [0.25, 0.3) is 0 Å². The molecule has 3 amide bonds. The van der Waals surface area contributed by atoms with Gasteiger partial charge in [-0.3, -0.25) is 4.79 Å². The molecule has 0 unspecified atom stereocenters. The number of thiophene rings is 1. The summed E-state index contributed by atoms with van der Waals surface area (Å²) in [7, 11) is 0. The highest BCUT2D eigenvalue weighted by Gasteiger charge is 2.30. The van der Waals surface area contributed by atoms with E-state index in [-0.39, 0.29) is 18.0 Å². The summed E-state index contributed by atoms with van der Waals surface area (Å²) in [5, 5.41) is 7.89. The molecule has 1 aliphatic heterocycles. The fourth-order valence-electron chi connectivity index (χ4n) is 3.32. The van der Waals surface area contributed by atoms with Gasteiger partial charge in [0.05, 0.1) is 6.04 Å². The van der Waals surface area contributed by atoms with Crippen molar-refractivity contribution in [1.29, 1.82) is 0 Å². The number of benzene rings is 1. The normalized spacial score (nSPS) is 16.2. The van der Waals surface area contributed by atoms with E-state index in [9.17, 15) is 9.59 Å². The second kappa shape index (κ2) is 7.70. The van der Waals surface area contributed by atoms with Crippen molar-refractivity contribution in [2.75, 3.05) is 11.9 Å². The van der Waals surface area contributed by atoms with Gasteiger partial charge >= 0.3 is 6.03 Å². The zero-order valence-corrected chi connectivity index (χ0v) is 15.4. The first-order valence-electron chi connectivity index (χ1n) is 8.55. The Kier molecular flexibility index (Phi) is 5.38. The molecule has 6 heteroatoms. The lowest BCUT2D eigenvalue weighted by Gasteiger charge is -2.35. The van der Waals surface area contributed by atoms with Crippen molar-refractivity contribution in [3.63, 3.8) is 0 Å². The number of hydrogen-bond donors (Lipinski definition) is 2. The lowest BCUT2D eigenvalue weighted by molar-refractivity contribution is -0.114. The SMILES string of the molecule is CC[C@H]1c2ccsc2CCN1C(=O)NCc1cccc(NC(C)=O)c1. The van der Waals surface area contributed by atoms with Gasteiger partial charge in [0.2, 0.25) is 5.91 Å². The molecule has 5 nitrogen and oxygen atoms in total. The molecule has 3 rings (SSSR count). The van der Waals surface area contributed by atoms with Crippen LogP contribution in [0.1, 0.15) is 42.3 Å². The van der Waals surface area contributed by atoms with Crippen LogP contribution in [0.4, 0.5) is 10.5 Å². The third kappa shape index (κ3) is 4.02. The van der Waals surface area contributed by atoms with Crippen LogP contribution in [0.25, 0.3) is 0 Å². The van der Waals surface area contributed by atoms with Gasteiger partial charge < -0.3 is 15.5 Å². The Morgan fingerprint density at radius 1 is 1.32 bits per heavy atom. The maximum absolute atomic E-state index is 12.7. The highest BCUT2D eigenvalue weighted by atomic mass is 32.1. The van der Waals surface area contributed by atoms with Crippen molar-refractivity contribution in [1.82, 2.24) is 10.2 Å². The molecule has 1 aromatic carbocycles. The predicted molar refractivity (Wildman–Crippen MR) is 101 cm³/mol. The molecule has 0 bridgehead atoms. The Bertz CT molecular complexity index is 772. The summed E-state index contributed by atoms with van der Waals surface area (Å²) in [6.45, 7) is 4.79. The molecule has 1 aromatic heterocycles. The van der Waals surface area contributed by atoms with Crippen molar-refractivity contribution < 1.29 is 9.59 Å². The number of nitrogens with one attached hydrogen (secondary N) is 2. The van der Waals surface area contributed by atoms with Crippen LogP contribution in [-0.2, 0) is 17.8 Å². The molecule has 0 fully saturated rings. The van der Waals surface area contributed by atoms with Gasteiger partial charge in [-0.25, -0.2) is 4.79 Å².